The molecule has 0 bridgehead atoms. The fourth-order valence-electron chi connectivity index (χ4n) is 3.16. The van der Waals surface area contributed by atoms with Crippen LogP contribution in [0.1, 0.15) is 19.4 Å². The van der Waals surface area contributed by atoms with Crippen molar-refractivity contribution in [2.75, 3.05) is 25.3 Å². The number of aromatic nitrogens is 3. The number of aromatic amines is 1. The highest BCUT2D eigenvalue weighted by Gasteiger charge is 2.36. The summed E-state index contributed by atoms with van der Waals surface area (Å²) in [6, 6.07) is 5.27. The van der Waals surface area contributed by atoms with Crippen molar-refractivity contribution in [1.29, 1.82) is 0 Å². The number of alkyl halides is 3. The number of hydrogen-bond donors (Lipinski definition) is 3. The number of para-hydroxylation sites is 1. The van der Waals surface area contributed by atoms with Gasteiger partial charge in [-0.1, -0.05) is 40.0 Å². The SMILES string of the molecule is CC(C)[C@@H](CO)Nc1ncc(C(F)(F)F)c(-c2c[nH]c3c(P(C)C)cccc23)n1. The van der Waals surface area contributed by atoms with Crippen LogP contribution >= 0.6 is 7.92 Å². The second-order valence-electron chi connectivity index (χ2n) is 7.43. The number of anilines is 1. The van der Waals surface area contributed by atoms with Gasteiger partial charge in [0.05, 0.1) is 23.9 Å². The average molecular weight is 424 g/mol. The molecular formula is C20H24F3N4OP. The lowest BCUT2D eigenvalue weighted by Crippen LogP contribution is -2.30. The van der Waals surface area contributed by atoms with Crippen molar-refractivity contribution in [3.05, 3.63) is 36.2 Å². The molecule has 3 N–H and O–H groups in total. The molecule has 0 amide bonds. The molecule has 3 aromatic rings. The lowest BCUT2D eigenvalue weighted by atomic mass is 10.1. The standard InChI is InChI=1S/C20H24F3N4OP/c1-11(2)15(10-28)26-19-25-9-14(20(21,22)23)17(27-19)13-8-24-18-12(13)6-5-7-16(18)29(3)4/h5-9,11,15,24,28H,10H2,1-4H3,(H,25,26,27)/t15-/m1/s1. The molecule has 0 aliphatic carbocycles. The van der Waals surface area contributed by atoms with Gasteiger partial charge in [0.1, 0.15) is 5.56 Å². The maximum atomic E-state index is 13.7. The molecule has 2 heterocycles. The predicted octanol–water partition coefficient (Wildman–Crippen LogP) is 4.44. The molecule has 0 unspecified atom stereocenters. The summed E-state index contributed by atoms with van der Waals surface area (Å²) in [5.74, 6) is 0.109. The van der Waals surface area contributed by atoms with Crippen molar-refractivity contribution in [3.8, 4) is 11.3 Å². The summed E-state index contributed by atoms with van der Waals surface area (Å²) in [6.07, 6.45) is -2.22. The van der Waals surface area contributed by atoms with Crippen molar-refractivity contribution in [3.63, 3.8) is 0 Å². The van der Waals surface area contributed by atoms with Gasteiger partial charge in [-0.2, -0.15) is 13.2 Å². The normalized spacial score (nSPS) is 13.4. The molecular weight excluding hydrogens is 400 g/mol. The first kappa shape index (κ1) is 21.5. The molecule has 0 spiro atoms. The molecule has 0 radical (unpaired) electrons. The number of fused-ring (bicyclic) bond motifs is 1. The molecule has 0 aliphatic rings. The molecule has 0 saturated heterocycles. The lowest BCUT2D eigenvalue weighted by Gasteiger charge is -2.21. The lowest BCUT2D eigenvalue weighted by molar-refractivity contribution is -0.137. The first-order valence-corrected chi connectivity index (χ1v) is 11.5. The Hall–Kier alpha value is -2.18. The fourth-order valence-corrected chi connectivity index (χ4v) is 4.18. The number of nitrogens with one attached hydrogen (secondary N) is 2. The first-order chi connectivity index (χ1) is 13.6. The molecule has 1 atom stereocenters. The zero-order valence-electron chi connectivity index (χ0n) is 16.7. The minimum Gasteiger partial charge on any atom is -0.394 e. The molecule has 2 aromatic heterocycles. The van der Waals surface area contributed by atoms with Crippen molar-refractivity contribution in [1.82, 2.24) is 15.0 Å². The Morgan fingerprint density at radius 1 is 1.24 bits per heavy atom. The Kier molecular flexibility index (Phi) is 6.15. The summed E-state index contributed by atoms with van der Waals surface area (Å²) in [4.78, 5) is 11.2. The number of nitrogens with zero attached hydrogens (tertiary/aromatic N) is 2. The van der Waals surface area contributed by atoms with Gasteiger partial charge in [-0.15, -0.1) is 0 Å². The molecule has 0 fully saturated rings. The summed E-state index contributed by atoms with van der Waals surface area (Å²) < 4.78 is 41.1. The van der Waals surface area contributed by atoms with Gasteiger partial charge < -0.3 is 15.4 Å². The quantitative estimate of drug-likeness (QED) is 0.512. The van der Waals surface area contributed by atoms with Crippen LogP contribution < -0.4 is 10.6 Å². The Bertz CT molecular complexity index is 1000. The van der Waals surface area contributed by atoms with E-state index in [1.54, 1.807) is 12.3 Å². The molecule has 0 saturated carbocycles. The Morgan fingerprint density at radius 3 is 2.55 bits per heavy atom. The monoisotopic (exact) mass is 424 g/mol. The molecule has 29 heavy (non-hydrogen) atoms. The number of benzene rings is 1. The summed E-state index contributed by atoms with van der Waals surface area (Å²) in [6.45, 7) is 7.81. The Labute approximate surface area is 168 Å². The third-order valence-electron chi connectivity index (χ3n) is 4.84. The van der Waals surface area contributed by atoms with Gasteiger partial charge in [0.25, 0.3) is 0 Å². The molecule has 0 aliphatic heterocycles. The third kappa shape index (κ3) is 4.38. The van der Waals surface area contributed by atoms with E-state index in [4.69, 9.17) is 0 Å². The van der Waals surface area contributed by atoms with E-state index in [0.717, 1.165) is 17.0 Å². The average Bonchev–Trinajstić information content (AvgIpc) is 3.08. The van der Waals surface area contributed by atoms with Gasteiger partial charge in [-0.05, 0) is 24.6 Å². The summed E-state index contributed by atoms with van der Waals surface area (Å²) in [7, 11) is -0.435. The van der Waals surface area contributed by atoms with E-state index >= 15 is 0 Å². The zero-order valence-corrected chi connectivity index (χ0v) is 17.6. The summed E-state index contributed by atoms with van der Waals surface area (Å²) in [5, 5.41) is 14.2. The van der Waals surface area contributed by atoms with Crippen molar-refractivity contribution >= 4 is 30.1 Å². The van der Waals surface area contributed by atoms with Crippen molar-refractivity contribution in [2.24, 2.45) is 5.92 Å². The number of aliphatic hydroxyl groups is 1. The molecule has 3 rings (SSSR count). The topological polar surface area (TPSA) is 73.8 Å². The van der Waals surface area contributed by atoms with Crippen LogP contribution in [0.3, 0.4) is 0 Å². The van der Waals surface area contributed by atoms with E-state index in [2.05, 4.69) is 33.6 Å². The van der Waals surface area contributed by atoms with Crippen LogP contribution in [0, 0.1) is 5.92 Å². The second-order valence-corrected chi connectivity index (χ2v) is 9.70. The number of halogens is 3. The highest BCUT2D eigenvalue weighted by atomic mass is 31.1. The molecule has 1 aromatic carbocycles. The minimum absolute atomic E-state index is 0.0540. The Balaban J connectivity index is 2.18. The maximum Gasteiger partial charge on any atom is 0.419 e. The fraction of sp³-hybridized carbons (Fsp3) is 0.400. The van der Waals surface area contributed by atoms with Crippen LogP contribution in [-0.4, -0.2) is 46.0 Å². The van der Waals surface area contributed by atoms with Gasteiger partial charge in [0.2, 0.25) is 5.95 Å². The number of hydrogen-bond acceptors (Lipinski definition) is 4. The first-order valence-electron chi connectivity index (χ1n) is 9.23. The van der Waals surface area contributed by atoms with Crippen LogP contribution in [0.25, 0.3) is 22.2 Å². The van der Waals surface area contributed by atoms with Gasteiger partial charge in [0.15, 0.2) is 0 Å². The largest absolute Gasteiger partial charge is 0.419 e. The predicted molar refractivity (Wildman–Crippen MR) is 112 cm³/mol. The highest BCUT2D eigenvalue weighted by Crippen LogP contribution is 2.39. The number of rotatable bonds is 6. The molecule has 9 heteroatoms. The van der Waals surface area contributed by atoms with E-state index in [0.29, 0.717) is 10.9 Å². The Morgan fingerprint density at radius 2 is 1.97 bits per heavy atom. The van der Waals surface area contributed by atoms with Gasteiger partial charge in [-0.25, -0.2) is 9.97 Å². The summed E-state index contributed by atoms with van der Waals surface area (Å²) in [5.41, 5.74) is 0.127. The molecule has 5 nitrogen and oxygen atoms in total. The van der Waals surface area contributed by atoms with Crippen LogP contribution in [0.2, 0.25) is 0 Å². The smallest absolute Gasteiger partial charge is 0.394 e. The van der Waals surface area contributed by atoms with Gasteiger partial charge in [0, 0.05) is 23.3 Å². The van der Waals surface area contributed by atoms with Crippen LogP contribution in [0.15, 0.2) is 30.6 Å². The van der Waals surface area contributed by atoms with Gasteiger partial charge >= 0.3 is 6.18 Å². The van der Waals surface area contributed by atoms with Crippen molar-refractivity contribution < 1.29 is 18.3 Å². The van der Waals surface area contributed by atoms with E-state index in [9.17, 15) is 18.3 Å². The maximum absolute atomic E-state index is 13.7. The zero-order chi connectivity index (χ0) is 21.3. The van der Waals surface area contributed by atoms with E-state index in [1.165, 1.54) is 0 Å². The molecule has 156 valence electrons. The van der Waals surface area contributed by atoms with E-state index < -0.39 is 19.7 Å². The third-order valence-corrected chi connectivity index (χ3v) is 6.18. The van der Waals surface area contributed by atoms with E-state index in [1.807, 2.05) is 26.0 Å². The highest BCUT2D eigenvalue weighted by molar-refractivity contribution is 7.64. The van der Waals surface area contributed by atoms with Crippen LogP contribution in [0.4, 0.5) is 19.1 Å². The van der Waals surface area contributed by atoms with Crippen LogP contribution in [-0.2, 0) is 6.18 Å². The summed E-state index contributed by atoms with van der Waals surface area (Å²) >= 11 is 0. The van der Waals surface area contributed by atoms with Crippen molar-refractivity contribution in [2.45, 2.75) is 26.1 Å². The van der Waals surface area contributed by atoms with E-state index in [-0.39, 0.29) is 30.2 Å². The van der Waals surface area contributed by atoms with Crippen LogP contribution in [0.5, 0.6) is 0 Å². The number of aliphatic hydroxyl groups excluding tert-OH is 1. The van der Waals surface area contributed by atoms with Gasteiger partial charge in [-0.3, -0.25) is 0 Å². The minimum atomic E-state index is -4.59. The second kappa shape index (κ2) is 8.28. The number of H-pyrrole nitrogens is 1.